The summed E-state index contributed by atoms with van der Waals surface area (Å²) in [5.41, 5.74) is 1.63. The van der Waals surface area contributed by atoms with Crippen LogP contribution in [-0.2, 0) is 11.3 Å². The summed E-state index contributed by atoms with van der Waals surface area (Å²) in [6, 6.07) is 9.90. The number of imidazole rings is 1. The largest absolute Gasteiger partial charge is 0.370 e. The van der Waals surface area contributed by atoms with Crippen LogP contribution in [0.3, 0.4) is 0 Å². The molecule has 1 aliphatic heterocycles. The Kier molecular flexibility index (Phi) is 5.29. The molecule has 7 nitrogen and oxygen atoms in total. The maximum Gasteiger partial charge on any atom is 0.317 e. The van der Waals surface area contributed by atoms with E-state index in [2.05, 4.69) is 15.3 Å². The molecule has 0 aliphatic carbocycles. The highest BCUT2D eigenvalue weighted by atomic mass is 19.1. The van der Waals surface area contributed by atoms with Gasteiger partial charge in [0.2, 0.25) is 0 Å². The predicted molar refractivity (Wildman–Crippen MR) is 100 cm³/mol. The van der Waals surface area contributed by atoms with E-state index < -0.39 is 0 Å². The van der Waals surface area contributed by atoms with Crippen molar-refractivity contribution in [2.24, 2.45) is 0 Å². The molecule has 1 unspecified atom stereocenters. The number of hydrogen-bond acceptors (Lipinski definition) is 4. The Bertz CT molecular complexity index is 930. The van der Waals surface area contributed by atoms with Gasteiger partial charge in [-0.3, -0.25) is 4.57 Å². The van der Waals surface area contributed by atoms with Crippen molar-refractivity contribution >= 4 is 6.03 Å². The number of carbonyl (C=O) groups is 1. The number of nitrogens with one attached hydrogen (secondary N) is 1. The second-order valence-electron chi connectivity index (χ2n) is 6.51. The van der Waals surface area contributed by atoms with Crippen molar-refractivity contribution in [2.45, 2.75) is 12.6 Å². The van der Waals surface area contributed by atoms with Crippen LogP contribution in [-0.4, -0.2) is 45.2 Å². The van der Waals surface area contributed by atoms with Gasteiger partial charge in [0, 0.05) is 31.7 Å². The summed E-state index contributed by atoms with van der Waals surface area (Å²) in [4.78, 5) is 22.6. The van der Waals surface area contributed by atoms with E-state index in [1.54, 1.807) is 29.7 Å². The second kappa shape index (κ2) is 8.18. The Morgan fingerprint density at radius 2 is 2.25 bits per heavy atom. The molecule has 1 fully saturated rings. The van der Waals surface area contributed by atoms with Gasteiger partial charge in [-0.2, -0.15) is 0 Å². The number of aromatic nitrogens is 3. The van der Waals surface area contributed by atoms with E-state index in [9.17, 15) is 9.18 Å². The van der Waals surface area contributed by atoms with E-state index in [0.717, 1.165) is 16.9 Å². The maximum atomic E-state index is 13.4. The number of pyridine rings is 1. The molecule has 1 saturated heterocycles. The van der Waals surface area contributed by atoms with Gasteiger partial charge >= 0.3 is 6.03 Å². The number of ether oxygens (including phenoxy) is 1. The molecule has 8 heteroatoms. The Hall–Kier alpha value is -3.26. The molecule has 0 radical (unpaired) electrons. The fourth-order valence-electron chi connectivity index (χ4n) is 3.10. The molecule has 2 amide bonds. The lowest BCUT2D eigenvalue weighted by Gasteiger charge is -2.33. The van der Waals surface area contributed by atoms with Crippen LogP contribution >= 0.6 is 0 Å². The van der Waals surface area contributed by atoms with Gasteiger partial charge in [-0.15, -0.1) is 0 Å². The van der Waals surface area contributed by atoms with Crippen molar-refractivity contribution in [1.82, 2.24) is 24.8 Å². The van der Waals surface area contributed by atoms with E-state index in [0.29, 0.717) is 26.2 Å². The van der Waals surface area contributed by atoms with Crippen LogP contribution in [0.1, 0.15) is 17.2 Å². The van der Waals surface area contributed by atoms with Crippen LogP contribution in [0.5, 0.6) is 0 Å². The Labute approximate surface area is 161 Å². The lowest BCUT2D eigenvalue weighted by molar-refractivity contribution is -0.0156. The average Bonchev–Trinajstić information content (AvgIpc) is 3.27. The number of carbonyl (C=O) groups excluding carboxylic acids is 1. The van der Waals surface area contributed by atoms with Crippen molar-refractivity contribution in [3.63, 3.8) is 0 Å². The molecule has 1 N–H and O–H groups in total. The van der Waals surface area contributed by atoms with Gasteiger partial charge in [0.05, 0.1) is 13.2 Å². The number of benzene rings is 1. The van der Waals surface area contributed by atoms with Gasteiger partial charge in [-0.1, -0.05) is 18.2 Å². The number of urea groups is 1. The van der Waals surface area contributed by atoms with E-state index in [-0.39, 0.29) is 18.0 Å². The van der Waals surface area contributed by atoms with E-state index in [4.69, 9.17) is 4.74 Å². The topological polar surface area (TPSA) is 72.3 Å². The van der Waals surface area contributed by atoms with Crippen molar-refractivity contribution < 1.29 is 13.9 Å². The molecule has 144 valence electrons. The molecule has 4 rings (SSSR count). The fourth-order valence-corrected chi connectivity index (χ4v) is 3.10. The Morgan fingerprint density at radius 1 is 1.32 bits per heavy atom. The highest BCUT2D eigenvalue weighted by molar-refractivity contribution is 5.74. The molecule has 0 spiro atoms. The monoisotopic (exact) mass is 381 g/mol. The van der Waals surface area contributed by atoms with Gasteiger partial charge in [0.1, 0.15) is 24.1 Å². The highest BCUT2D eigenvalue weighted by Crippen LogP contribution is 2.22. The molecule has 2 aromatic heterocycles. The number of amides is 2. The smallest absolute Gasteiger partial charge is 0.317 e. The van der Waals surface area contributed by atoms with Crippen LogP contribution in [0.2, 0.25) is 0 Å². The first-order valence-electron chi connectivity index (χ1n) is 9.02. The lowest BCUT2D eigenvalue weighted by atomic mass is 10.1. The number of rotatable bonds is 4. The molecular formula is C20H20FN5O2. The Morgan fingerprint density at radius 3 is 3.00 bits per heavy atom. The fraction of sp³-hybridized carbons (Fsp3) is 0.250. The van der Waals surface area contributed by atoms with Crippen molar-refractivity contribution in [3.05, 3.63) is 78.3 Å². The molecule has 1 aliphatic rings. The summed E-state index contributed by atoms with van der Waals surface area (Å²) in [6.45, 7) is 1.66. The molecular weight excluding hydrogens is 361 g/mol. The Balaban J connectivity index is 1.33. The van der Waals surface area contributed by atoms with Gasteiger partial charge in [-0.25, -0.2) is 19.2 Å². The minimum absolute atomic E-state index is 0.177. The third-order valence-corrected chi connectivity index (χ3v) is 4.60. The summed E-state index contributed by atoms with van der Waals surface area (Å²) in [7, 11) is 0. The first kappa shape index (κ1) is 18.1. The SMILES string of the molecule is O=C(NCc1ccc(-n2ccnc2)nc1)N1CCOC(c2cccc(F)c2)C1. The van der Waals surface area contributed by atoms with Crippen LogP contribution < -0.4 is 5.32 Å². The van der Waals surface area contributed by atoms with Crippen LogP contribution in [0.25, 0.3) is 5.82 Å². The molecule has 1 atom stereocenters. The third kappa shape index (κ3) is 4.17. The zero-order chi connectivity index (χ0) is 19.3. The van der Waals surface area contributed by atoms with E-state index in [1.807, 2.05) is 29.0 Å². The highest BCUT2D eigenvalue weighted by Gasteiger charge is 2.25. The first-order chi connectivity index (χ1) is 13.7. The van der Waals surface area contributed by atoms with Gasteiger partial charge in [-0.05, 0) is 29.3 Å². The summed E-state index contributed by atoms with van der Waals surface area (Å²) in [6.07, 6.45) is 6.58. The number of hydrogen-bond donors (Lipinski definition) is 1. The van der Waals surface area contributed by atoms with Crippen molar-refractivity contribution in [2.75, 3.05) is 19.7 Å². The first-order valence-corrected chi connectivity index (χ1v) is 9.02. The maximum absolute atomic E-state index is 13.4. The number of morpholine rings is 1. The second-order valence-corrected chi connectivity index (χ2v) is 6.51. The van der Waals surface area contributed by atoms with E-state index >= 15 is 0 Å². The zero-order valence-electron chi connectivity index (χ0n) is 15.2. The lowest BCUT2D eigenvalue weighted by Crippen LogP contribution is -2.47. The minimum atomic E-state index is -0.327. The van der Waals surface area contributed by atoms with Crippen molar-refractivity contribution in [3.8, 4) is 5.82 Å². The predicted octanol–water partition coefficient (Wildman–Crippen LogP) is 2.69. The van der Waals surface area contributed by atoms with Crippen molar-refractivity contribution in [1.29, 1.82) is 0 Å². The van der Waals surface area contributed by atoms with Gasteiger partial charge < -0.3 is 15.0 Å². The van der Waals surface area contributed by atoms with Crippen LogP contribution in [0.4, 0.5) is 9.18 Å². The molecule has 1 aromatic carbocycles. The summed E-state index contributed by atoms with van der Waals surface area (Å²) >= 11 is 0. The summed E-state index contributed by atoms with van der Waals surface area (Å²) in [5, 5.41) is 2.90. The van der Waals surface area contributed by atoms with Crippen LogP contribution in [0, 0.1) is 5.82 Å². The number of nitrogens with zero attached hydrogens (tertiary/aromatic N) is 4. The minimum Gasteiger partial charge on any atom is -0.370 e. The molecule has 3 aromatic rings. The molecule has 28 heavy (non-hydrogen) atoms. The van der Waals surface area contributed by atoms with Gasteiger partial charge in [0.15, 0.2) is 0 Å². The third-order valence-electron chi connectivity index (χ3n) is 4.60. The quantitative estimate of drug-likeness (QED) is 0.754. The van der Waals surface area contributed by atoms with Gasteiger partial charge in [0.25, 0.3) is 0 Å². The summed E-state index contributed by atoms with van der Waals surface area (Å²) < 4.78 is 21.0. The standard InChI is InChI=1S/C20H20FN5O2/c21-17-3-1-2-16(10-17)18-13-25(8-9-28-18)20(27)24-12-15-4-5-19(23-11-15)26-7-6-22-14-26/h1-7,10-11,14,18H,8-9,12-13H2,(H,24,27). The molecule has 0 bridgehead atoms. The molecule has 3 heterocycles. The van der Waals surface area contributed by atoms with Crippen LogP contribution in [0.15, 0.2) is 61.3 Å². The normalized spacial score (nSPS) is 16.8. The zero-order valence-corrected chi connectivity index (χ0v) is 15.2. The average molecular weight is 381 g/mol. The number of halogens is 1. The van der Waals surface area contributed by atoms with E-state index in [1.165, 1.54) is 12.1 Å². The molecule has 0 saturated carbocycles. The summed E-state index contributed by atoms with van der Waals surface area (Å²) in [5.74, 6) is 0.452.